The lowest BCUT2D eigenvalue weighted by Gasteiger charge is -2.13. The van der Waals surface area contributed by atoms with Crippen LogP contribution in [0.4, 0.5) is 17.6 Å². The molecule has 25 heavy (non-hydrogen) atoms. The van der Waals surface area contributed by atoms with Crippen molar-refractivity contribution in [2.75, 3.05) is 6.61 Å². The Morgan fingerprint density at radius 3 is 2.64 bits per heavy atom. The fourth-order valence-corrected chi connectivity index (χ4v) is 2.47. The molecule has 0 unspecified atom stereocenters. The first-order valence-corrected chi connectivity index (χ1v) is 7.19. The van der Waals surface area contributed by atoms with Crippen LogP contribution in [0.3, 0.4) is 0 Å². The summed E-state index contributed by atoms with van der Waals surface area (Å²) in [6.07, 6.45) is -1.77. The van der Waals surface area contributed by atoms with E-state index >= 15 is 0 Å². The van der Waals surface area contributed by atoms with E-state index in [-0.39, 0.29) is 23.1 Å². The minimum atomic E-state index is -4.88. The van der Waals surface area contributed by atoms with Crippen molar-refractivity contribution in [3.05, 3.63) is 53.9 Å². The maximum atomic E-state index is 13.9. The first-order valence-electron chi connectivity index (χ1n) is 7.19. The van der Waals surface area contributed by atoms with Crippen LogP contribution in [0.2, 0.25) is 0 Å². The van der Waals surface area contributed by atoms with Gasteiger partial charge in [0.1, 0.15) is 11.4 Å². The lowest BCUT2D eigenvalue weighted by Crippen LogP contribution is -2.18. The average Bonchev–Trinajstić information content (AvgIpc) is 3.00. The third-order valence-electron chi connectivity index (χ3n) is 3.49. The van der Waals surface area contributed by atoms with Crippen LogP contribution in [0, 0.1) is 5.82 Å². The Morgan fingerprint density at radius 1 is 1.20 bits per heavy atom. The van der Waals surface area contributed by atoms with Crippen molar-refractivity contribution >= 4 is 16.7 Å². The van der Waals surface area contributed by atoms with Crippen molar-refractivity contribution in [1.82, 2.24) is 14.8 Å². The molecule has 2 heterocycles. The molecular formula is C16H11F4N3O2. The topological polar surface area (TPSA) is 57.0 Å². The zero-order valence-electron chi connectivity index (χ0n) is 12.8. The summed E-state index contributed by atoms with van der Waals surface area (Å²) in [5.41, 5.74) is -2.12. The van der Waals surface area contributed by atoms with Crippen molar-refractivity contribution in [1.29, 1.82) is 0 Å². The Kier molecular flexibility index (Phi) is 4.15. The second-order valence-corrected chi connectivity index (χ2v) is 5.03. The van der Waals surface area contributed by atoms with Gasteiger partial charge >= 0.3 is 12.1 Å². The molecule has 0 aliphatic rings. The largest absolute Gasteiger partial charge is 0.462 e. The van der Waals surface area contributed by atoms with Crippen LogP contribution in [0.15, 0.2) is 36.8 Å². The molecule has 3 rings (SSSR count). The summed E-state index contributed by atoms with van der Waals surface area (Å²) in [5.74, 6) is -1.77. The van der Waals surface area contributed by atoms with Gasteiger partial charge in [-0.25, -0.2) is 13.9 Å². The van der Waals surface area contributed by atoms with E-state index in [0.717, 1.165) is 12.4 Å². The summed E-state index contributed by atoms with van der Waals surface area (Å²) >= 11 is 0. The number of alkyl halides is 3. The third kappa shape index (κ3) is 2.92. The Hall–Kier alpha value is -2.97. The number of hydrogen-bond donors (Lipinski definition) is 0. The van der Waals surface area contributed by atoms with Crippen molar-refractivity contribution in [2.24, 2.45) is 0 Å². The van der Waals surface area contributed by atoms with E-state index < -0.39 is 29.2 Å². The third-order valence-corrected chi connectivity index (χ3v) is 3.49. The highest BCUT2D eigenvalue weighted by Crippen LogP contribution is 2.35. The smallest absolute Gasteiger partial charge is 0.434 e. The normalized spacial score (nSPS) is 11.7. The molecule has 0 atom stereocenters. The Bertz CT molecular complexity index is 950. The number of fused-ring (bicyclic) bond motifs is 1. The van der Waals surface area contributed by atoms with Gasteiger partial charge in [0.05, 0.1) is 24.7 Å². The van der Waals surface area contributed by atoms with Gasteiger partial charge < -0.3 is 4.74 Å². The molecule has 0 fully saturated rings. The van der Waals surface area contributed by atoms with E-state index in [2.05, 4.69) is 14.8 Å². The molecule has 130 valence electrons. The zero-order chi connectivity index (χ0) is 18.2. The Morgan fingerprint density at radius 2 is 1.96 bits per heavy atom. The molecule has 0 aliphatic heterocycles. The van der Waals surface area contributed by atoms with Crippen molar-refractivity contribution < 1.29 is 27.1 Å². The number of carbonyl (C=O) groups is 1. The highest BCUT2D eigenvalue weighted by atomic mass is 19.4. The predicted octanol–water partition coefficient (Wildman–Crippen LogP) is 3.76. The summed E-state index contributed by atoms with van der Waals surface area (Å²) in [6.45, 7) is 1.40. The molecule has 0 saturated heterocycles. The molecule has 2 aromatic heterocycles. The lowest BCUT2D eigenvalue weighted by molar-refractivity contribution is -0.143. The summed E-state index contributed by atoms with van der Waals surface area (Å²) in [7, 11) is 0. The second kappa shape index (κ2) is 6.15. The molecule has 3 aromatic rings. The van der Waals surface area contributed by atoms with Gasteiger partial charge in [-0.15, -0.1) is 0 Å². The van der Waals surface area contributed by atoms with E-state index in [9.17, 15) is 22.4 Å². The van der Waals surface area contributed by atoms with Crippen LogP contribution in [-0.4, -0.2) is 27.3 Å². The monoisotopic (exact) mass is 353 g/mol. The number of nitrogens with zero attached hydrogens (tertiary/aromatic N) is 3. The molecule has 0 aliphatic carbocycles. The molecular weight excluding hydrogens is 342 g/mol. The molecule has 0 N–H and O–H groups in total. The first kappa shape index (κ1) is 16.9. The fourth-order valence-electron chi connectivity index (χ4n) is 2.47. The maximum absolute atomic E-state index is 13.9. The van der Waals surface area contributed by atoms with Gasteiger partial charge in [-0.05, 0) is 13.0 Å². The van der Waals surface area contributed by atoms with Gasteiger partial charge in [0.15, 0.2) is 5.69 Å². The van der Waals surface area contributed by atoms with Gasteiger partial charge in [-0.3, -0.25) is 4.98 Å². The molecule has 0 saturated carbocycles. The maximum Gasteiger partial charge on any atom is 0.434 e. The van der Waals surface area contributed by atoms with Crippen LogP contribution in [0.5, 0.6) is 0 Å². The highest BCUT2D eigenvalue weighted by Gasteiger charge is 2.41. The number of rotatable bonds is 3. The van der Waals surface area contributed by atoms with Gasteiger partial charge in [-0.1, -0.05) is 12.1 Å². The van der Waals surface area contributed by atoms with Crippen molar-refractivity contribution in [3.63, 3.8) is 0 Å². The van der Waals surface area contributed by atoms with Crippen LogP contribution in [-0.2, 0) is 10.9 Å². The second-order valence-electron chi connectivity index (χ2n) is 5.03. The summed E-state index contributed by atoms with van der Waals surface area (Å²) < 4.78 is 59.7. The number of pyridine rings is 1. The lowest BCUT2D eigenvalue weighted by atomic mass is 10.1. The predicted molar refractivity (Wildman–Crippen MR) is 79.8 cm³/mol. The number of aromatic nitrogens is 3. The van der Waals surface area contributed by atoms with E-state index in [1.54, 1.807) is 0 Å². The first-order chi connectivity index (χ1) is 11.8. The van der Waals surface area contributed by atoms with Crippen molar-refractivity contribution in [3.8, 4) is 5.69 Å². The summed E-state index contributed by atoms with van der Waals surface area (Å²) in [4.78, 5) is 15.6. The van der Waals surface area contributed by atoms with E-state index in [1.165, 1.54) is 31.3 Å². The molecule has 0 radical (unpaired) electrons. The number of ether oxygens (including phenoxy) is 1. The number of hydrogen-bond acceptors (Lipinski definition) is 4. The van der Waals surface area contributed by atoms with Gasteiger partial charge in [0.2, 0.25) is 0 Å². The van der Waals surface area contributed by atoms with Crippen molar-refractivity contribution in [2.45, 2.75) is 13.1 Å². The van der Waals surface area contributed by atoms with E-state index in [1.807, 2.05) is 0 Å². The molecule has 1 aromatic carbocycles. The minimum Gasteiger partial charge on any atom is -0.462 e. The molecule has 5 nitrogen and oxygen atoms in total. The summed E-state index contributed by atoms with van der Waals surface area (Å²) in [5, 5.41) is 3.89. The highest BCUT2D eigenvalue weighted by molar-refractivity contribution is 5.92. The Labute approximate surface area is 138 Å². The molecule has 0 spiro atoms. The molecule has 0 bridgehead atoms. The molecule has 9 heteroatoms. The van der Waals surface area contributed by atoms with E-state index in [4.69, 9.17) is 0 Å². The number of carbonyl (C=O) groups excluding carboxylic acids is 1. The standard InChI is InChI=1S/C16H11F4N3O2/c1-2-25-15(24)11-7-22-23(14(11)16(18,19)20)13-8-21-6-10-9(13)4-3-5-12(10)17/h3-8H,2H2,1H3. The van der Waals surface area contributed by atoms with Gasteiger partial charge in [-0.2, -0.15) is 18.3 Å². The quantitative estimate of drug-likeness (QED) is 0.531. The van der Waals surface area contributed by atoms with Crippen LogP contribution >= 0.6 is 0 Å². The number of halogens is 4. The fraction of sp³-hybridized carbons (Fsp3) is 0.188. The van der Waals surface area contributed by atoms with Gasteiger partial charge in [0, 0.05) is 17.0 Å². The zero-order valence-corrected chi connectivity index (χ0v) is 12.8. The minimum absolute atomic E-state index is 0.0429. The number of benzene rings is 1. The number of esters is 1. The Balaban J connectivity index is 2.29. The molecule has 0 amide bonds. The summed E-state index contributed by atoms with van der Waals surface area (Å²) in [6, 6.07) is 3.98. The van der Waals surface area contributed by atoms with Gasteiger partial charge in [0.25, 0.3) is 0 Å². The van der Waals surface area contributed by atoms with Crippen LogP contribution in [0.1, 0.15) is 23.0 Å². The van der Waals surface area contributed by atoms with Crippen LogP contribution in [0.25, 0.3) is 16.5 Å². The SMILES string of the molecule is CCOC(=O)c1cnn(-c2cncc3c(F)cccc23)c1C(F)(F)F. The average molecular weight is 353 g/mol. The van der Waals surface area contributed by atoms with E-state index in [0.29, 0.717) is 4.68 Å². The van der Waals surface area contributed by atoms with Crippen LogP contribution < -0.4 is 0 Å².